The van der Waals surface area contributed by atoms with Crippen molar-refractivity contribution in [2.45, 2.75) is 93.9 Å². The standard InChI is InChI=1S/C22H25F2NO.C9H17NO.C2H6/c1-13(8-21-16(4)18(12-26)11-25-17(21)5)7-20-14(2)9-19(10-15(20)3)22(6,23)24;1-8(11)7-9-3-5-10(2)6-4-9;1-2/h7,9-12H,8H2,1-6H3;9H,3-7H2,1-2H3;1-2H3/b13-7+;;. The largest absolute Gasteiger partial charge is 0.306 e. The lowest BCUT2D eigenvalue weighted by Gasteiger charge is -2.28. The first-order chi connectivity index (χ1) is 18.2. The number of hydrogen-bond acceptors (Lipinski definition) is 4. The average molecular weight is 543 g/mol. The molecule has 1 aromatic carbocycles. The zero-order valence-electron chi connectivity index (χ0n) is 25.7. The highest BCUT2D eigenvalue weighted by Gasteiger charge is 2.25. The molecule has 0 atom stereocenters. The van der Waals surface area contributed by atoms with Gasteiger partial charge in [0.2, 0.25) is 0 Å². The van der Waals surface area contributed by atoms with Crippen LogP contribution in [0.25, 0.3) is 6.08 Å². The van der Waals surface area contributed by atoms with Gasteiger partial charge >= 0.3 is 0 Å². The molecule has 6 heteroatoms. The molecule has 0 radical (unpaired) electrons. The number of carbonyl (C=O) groups excluding carboxylic acids is 2. The van der Waals surface area contributed by atoms with Crippen LogP contribution >= 0.6 is 0 Å². The van der Waals surface area contributed by atoms with E-state index in [1.807, 2.05) is 54.5 Å². The van der Waals surface area contributed by atoms with E-state index in [2.05, 4.69) is 16.9 Å². The van der Waals surface area contributed by atoms with Crippen LogP contribution in [0.2, 0.25) is 0 Å². The molecule has 39 heavy (non-hydrogen) atoms. The Morgan fingerprint density at radius 1 is 1.08 bits per heavy atom. The SMILES string of the molecule is C/C(=C\c1c(C)cc(C(C)(F)F)cc1C)Cc1c(C)ncc(C=O)c1C.CC.CC(=O)CC1CCN(C)CC1. The van der Waals surface area contributed by atoms with Crippen LogP contribution in [0.1, 0.15) is 103 Å². The van der Waals surface area contributed by atoms with Crippen LogP contribution in [0.5, 0.6) is 0 Å². The number of rotatable bonds is 7. The van der Waals surface area contributed by atoms with Crippen molar-refractivity contribution in [1.29, 1.82) is 0 Å². The maximum absolute atomic E-state index is 13.6. The third-order valence-electron chi connectivity index (χ3n) is 7.21. The number of likely N-dealkylation sites (tertiary alicyclic amines) is 1. The van der Waals surface area contributed by atoms with E-state index in [0.717, 1.165) is 71.8 Å². The highest BCUT2D eigenvalue weighted by Crippen LogP contribution is 2.31. The van der Waals surface area contributed by atoms with E-state index in [4.69, 9.17) is 0 Å². The molecule has 1 aliphatic rings. The Kier molecular flexibility index (Phi) is 13.9. The third kappa shape index (κ3) is 10.7. The monoisotopic (exact) mass is 542 g/mol. The number of halogens is 2. The molecule has 0 unspecified atom stereocenters. The molecule has 0 N–H and O–H groups in total. The van der Waals surface area contributed by atoms with Crippen LogP contribution in [0.15, 0.2) is 23.9 Å². The highest BCUT2D eigenvalue weighted by atomic mass is 19.3. The number of piperidine rings is 1. The Labute approximate surface area is 234 Å². The molecule has 216 valence electrons. The maximum Gasteiger partial charge on any atom is 0.270 e. The molecule has 0 saturated carbocycles. The van der Waals surface area contributed by atoms with Gasteiger partial charge in [0.1, 0.15) is 5.78 Å². The second kappa shape index (κ2) is 15.8. The number of Topliss-reactive ketones (excluding diaryl/α,β-unsaturated/α-hetero) is 1. The summed E-state index contributed by atoms with van der Waals surface area (Å²) in [7, 11) is 2.14. The zero-order valence-corrected chi connectivity index (χ0v) is 25.7. The number of aryl methyl sites for hydroxylation is 3. The molecule has 0 amide bonds. The highest BCUT2D eigenvalue weighted by molar-refractivity contribution is 5.77. The normalized spacial score (nSPS) is 14.6. The van der Waals surface area contributed by atoms with Crippen molar-refractivity contribution in [1.82, 2.24) is 9.88 Å². The maximum atomic E-state index is 13.6. The van der Waals surface area contributed by atoms with Crippen LogP contribution in [0.3, 0.4) is 0 Å². The predicted molar refractivity (Wildman–Crippen MR) is 159 cm³/mol. The lowest BCUT2D eigenvalue weighted by molar-refractivity contribution is -0.118. The number of nitrogens with zero attached hydrogens (tertiary/aromatic N) is 2. The van der Waals surface area contributed by atoms with E-state index >= 15 is 0 Å². The number of alkyl halides is 2. The van der Waals surface area contributed by atoms with E-state index in [0.29, 0.717) is 23.7 Å². The topological polar surface area (TPSA) is 50.3 Å². The molecule has 1 aromatic heterocycles. The molecule has 2 heterocycles. The van der Waals surface area contributed by atoms with Gasteiger partial charge in [0.25, 0.3) is 5.92 Å². The second-order valence-corrected chi connectivity index (χ2v) is 10.8. The van der Waals surface area contributed by atoms with Gasteiger partial charge in [-0.3, -0.25) is 9.78 Å². The Morgan fingerprint density at radius 2 is 1.62 bits per heavy atom. The van der Waals surface area contributed by atoms with Crippen LogP contribution in [0, 0.1) is 33.6 Å². The second-order valence-electron chi connectivity index (χ2n) is 10.8. The van der Waals surface area contributed by atoms with Crippen molar-refractivity contribution in [3.8, 4) is 0 Å². The van der Waals surface area contributed by atoms with Crippen molar-refractivity contribution < 1.29 is 18.4 Å². The third-order valence-corrected chi connectivity index (χ3v) is 7.21. The zero-order chi connectivity index (χ0) is 29.9. The van der Waals surface area contributed by atoms with Gasteiger partial charge < -0.3 is 9.69 Å². The summed E-state index contributed by atoms with van der Waals surface area (Å²) in [6, 6.07) is 3.11. The lowest BCUT2D eigenvalue weighted by atomic mass is 9.92. The first-order valence-corrected chi connectivity index (χ1v) is 14.0. The average Bonchev–Trinajstić information content (AvgIpc) is 2.86. The molecule has 1 saturated heterocycles. The van der Waals surface area contributed by atoms with Gasteiger partial charge in [0.15, 0.2) is 6.29 Å². The van der Waals surface area contributed by atoms with Gasteiger partial charge in [-0.1, -0.05) is 25.5 Å². The Balaban J connectivity index is 0.000000487. The summed E-state index contributed by atoms with van der Waals surface area (Å²) in [6.45, 7) is 18.5. The number of aldehydes is 1. The number of ketones is 1. The number of pyridine rings is 1. The first kappa shape index (κ1) is 34.3. The van der Waals surface area contributed by atoms with Crippen molar-refractivity contribution >= 4 is 18.1 Å². The summed E-state index contributed by atoms with van der Waals surface area (Å²) in [5.74, 6) is -1.83. The Hall–Kier alpha value is -2.73. The lowest BCUT2D eigenvalue weighted by Crippen LogP contribution is -2.30. The molecule has 3 rings (SSSR count). The van der Waals surface area contributed by atoms with E-state index in [1.165, 1.54) is 12.8 Å². The summed E-state index contributed by atoms with van der Waals surface area (Å²) in [4.78, 5) is 28.6. The summed E-state index contributed by atoms with van der Waals surface area (Å²) < 4.78 is 27.2. The van der Waals surface area contributed by atoms with Gasteiger partial charge in [-0.2, -0.15) is 0 Å². The van der Waals surface area contributed by atoms with Gasteiger partial charge in [0.05, 0.1) is 0 Å². The number of benzene rings is 1. The molecular weight excluding hydrogens is 494 g/mol. The smallest absolute Gasteiger partial charge is 0.270 e. The Morgan fingerprint density at radius 3 is 2.08 bits per heavy atom. The van der Waals surface area contributed by atoms with Crippen LogP contribution in [-0.2, 0) is 17.1 Å². The van der Waals surface area contributed by atoms with E-state index in [-0.39, 0.29) is 5.56 Å². The van der Waals surface area contributed by atoms with Crippen molar-refractivity contribution in [3.63, 3.8) is 0 Å². The van der Waals surface area contributed by atoms with Crippen LogP contribution in [0.4, 0.5) is 8.78 Å². The quantitative estimate of drug-likeness (QED) is 0.331. The van der Waals surface area contributed by atoms with Crippen LogP contribution in [-0.4, -0.2) is 42.1 Å². The van der Waals surface area contributed by atoms with Gasteiger partial charge in [-0.05, 0) is 127 Å². The minimum Gasteiger partial charge on any atom is -0.306 e. The molecule has 2 aromatic rings. The fourth-order valence-corrected chi connectivity index (χ4v) is 4.87. The minimum atomic E-state index is -2.85. The molecule has 0 bridgehead atoms. The summed E-state index contributed by atoms with van der Waals surface area (Å²) in [6.07, 6.45) is 8.33. The summed E-state index contributed by atoms with van der Waals surface area (Å²) in [5, 5.41) is 0. The summed E-state index contributed by atoms with van der Waals surface area (Å²) in [5.41, 5.74) is 7.22. The van der Waals surface area contributed by atoms with E-state index < -0.39 is 5.92 Å². The number of carbonyl (C=O) groups is 2. The van der Waals surface area contributed by atoms with Crippen molar-refractivity contribution in [2.24, 2.45) is 5.92 Å². The fourth-order valence-electron chi connectivity index (χ4n) is 4.87. The van der Waals surface area contributed by atoms with Crippen molar-refractivity contribution in [2.75, 3.05) is 20.1 Å². The first-order valence-electron chi connectivity index (χ1n) is 14.0. The number of aromatic nitrogens is 1. The van der Waals surface area contributed by atoms with Crippen molar-refractivity contribution in [3.05, 3.63) is 68.5 Å². The molecule has 1 aliphatic heterocycles. The Bertz CT molecular complexity index is 1120. The molecule has 0 aliphatic carbocycles. The van der Waals surface area contributed by atoms with E-state index in [9.17, 15) is 18.4 Å². The molecular formula is C33H48F2N2O2. The van der Waals surface area contributed by atoms with Crippen LogP contribution < -0.4 is 0 Å². The molecule has 0 spiro atoms. The van der Waals surface area contributed by atoms with Gasteiger partial charge in [-0.25, -0.2) is 8.78 Å². The summed E-state index contributed by atoms with van der Waals surface area (Å²) >= 11 is 0. The number of hydrogen-bond donors (Lipinski definition) is 0. The minimum absolute atomic E-state index is 0.0388. The number of allylic oxidation sites excluding steroid dienone is 1. The predicted octanol–water partition coefficient (Wildman–Crippen LogP) is 8.22. The van der Waals surface area contributed by atoms with Gasteiger partial charge in [0, 0.05) is 36.4 Å². The van der Waals surface area contributed by atoms with E-state index in [1.54, 1.807) is 25.3 Å². The molecule has 4 nitrogen and oxygen atoms in total. The molecule has 1 fully saturated rings. The fraction of sp³-hybridized carbons (Fsp3) is 0.545. The van der Waals surface area contributed by atoms with Gasteiger partial charge in [-0.15, -0.1) is 0 Å².